The SMILES string of the molecule is CC/C=C\C/C=C\C/C=C\C/C=C\C/C=C\C/C=C\CCC(=O)OCC(COP(=O)(O)OCCNC)OC(=O)CCCCCCCCC/C=C\CCCCCCCC. The highest BCUT2D eigenvalue weighted by Gasteiger charge is 2.26. The molecule has 0 radical (unpaired) electrons. The smallest absolute Gasteiger partial charge is 0.462 e. The lowest BCUT2D eigenvalue weighted by molar-refractivity contribution is -0.161. The molecular weight excluding hydrogens is 750 g/mol. The summed E-state index contributed by atoms with van der Waals surface area (Å²) in [7, 11) is -2.68. The van der Waals surface area contributed by atoms with Crippen LogP contribution in [0.25, 0.3) is 0 Å². The van der Waals surface area contributed by atoms with Crippen LogP contribution in [0.3, 0.4) is 0 Å². The molecule has 0 saturated carbocycles. The lowest BCUT2D eigenvalue weighted by Crippen LogP contribution is -2.29. The molecule has 0 fully saturated rings. The summed E-state index contributed by atoms with van der Waals surface area (Å²) in [6.45, 7) is 4.00. The highest BCUT2D eigenvalue weighted by atomic mass is 31.2. The Bertz CT molecular complexity index is 1220. The second kappa shape index (κ2) is 43.8. The van der Waals surface area contributed by atoms with Crippen LogP contribution in [0, 0.1) is 0 Å². The quantitative estimate of drug-likeness (QED) is 0.0268. The number of phosphoric ester groups is 1. The van der Waals surface area contributed by atoms with Crippen molar-refractivity contribution in [3.05, 3.63) is 85.1 Å². The molecule has 0 aliphatic rings. The van der Waals surface area contributed by atoms with Crippen LogP contribution < -0.4 is 5.32 Å². The summed E-state index contributed by atoms with van der Waals surface area (Å²) >= 11 is 0. The molecule has 0 aromatic rings. The number of likely N-dealkylation sites (N-methyl/N-ethyl adjacent to an activating group) is 1. The van der Waals surface area contributed by atoms with Crippen molar-refractivity contribution in [3.63, 3.8) is 0 Å². The first-order chi connectivity index (χ1) is 28.3. The zero-order valence-corrected chi connectivity index (χ0v) is 37.6. The van der Waals surface area contributed by atoms with E-state index in [1.807, 2.05) is 12.2 Å². The average Bonchev–Trinajstić information content (AvgIpc) is 3.21. The third kappa shape index (κ3) is 42.8. The van der Waals surface area contributed by atoms with Gasteiger partial charge in [-0.05, 0) is 84.1 Å². The van der Waals surface area contributed by atoms with Gasteiger partial charge in [-0.15, -0.1) is 0 Å². The van der Waals surface area contributed by atoms with E-state index in [1.165, 1.54) is 64.2 Å². The van der Waals surface area contributed by atoms with Gasteiger partial charge in [-0.2, -0.15) is 0 Å². The number of hydrogen-bond acceptors (Lipinski definition) is 8. The molecule has 0 heterocycles. The molecule has 0 amide bonds. The molecule has 0 saturated heterocycles. The minimum absolute atomic E-state index is 0.0331. The van der Waals surface area contributed by atoms with Crippen molar-refractivity contribution >= 4 is 19.8 Å². The van der Waals surface area contributed by atoms with Gasteiger partial charge in [0.1, 0.15) is 6.61 Å². The number of ether oxygens (including phenoxy) is 2. The lowest BCUT2D eigenvalue weighted by Gasteiger charge is -2.20. The van der Waals surface area contributed by atoms with Crippen molar-refractivity contribution < 1.29 is 37.6 Å². The third-order valence-corrected chi connectivity index (χ3v) is 10.00. The fraction of sp³-hybridized carbons (Fsp3) is 0.667. The van der Waals surface area contributed by atoms with Crippen LogP contribution >= 0.6 is 7.82 Å². The van der Waals surface area contributed by atoms with Gasteiger partial charge in [0.25, 0.3) is 0 Å². The maximum Gasteiger partial charge on any atom is 0.472 e. The second-order valence-electron chi connectivity index (χ2n) is 14.5. The summed E-state index contributed by atoms with van der Waals surface area (Å²) in [6, 6.07) is 0. The van der Waals surface area contributed by atoms with Crippen LogP contribution in [0.1, 0.15) is 168 Å². The first-order valence-corrected chi connectivity index (χ1v) is 24.0. The number of carbonyl (C=O) groups excluding carboxylic acids is 2. The zero-order chi connectivity index (χ0) is 42.5. The predicted octanol–water partition coefficient (Wildman–Crippen LogP) is 13.1. The van der Waals surface area contributed by atoms with Crippen molar-refractivity contribution in [2.45, 2.75) is 174 Å². The Labute approximate surface area is 354 Å². The van der Waals surface area contributed by atoms with Crippen LogP contribution in [-0.4, -0.2) is 56.3 Å². The Morgan fingerprint density at radius 1 is 0.552 bits per heavy atom. The van der Waals surface area contributed by atoms with E-state index in [1.54, 1.807) is 7.05 Å². The first-order valence-electron chi connectivity index (χ1n) is 22.5. The van der Waals surface area contributed by atoms with Crippen molar-refractivity contribution in [3.8, 4) is 0 Å². The molecule has 0 spiro atoms. The molecule has 0 aromatic carbocycles. The fourth-order valence-corrected chi connectivity index (χ4v) is 6.38. The van der Waals surface area contributed by atoms with Gasteiger partial charge in [0.2, 0.25) is 0 Å². The monoisotopic (exact) mass is 832 g/mol. The van der Waals surface area contributed by atoms with E-state index in [-0.39, 0.29) is 26.1 Å². The number of carbonyl (C=O) groups is 2. The molecule has 2 N–H and O–H groups in total. The van der Waals surface area contributed by atoms with E-state index in [4.69, 9.17) is 18.5 Å². The van der Waals surface area contributed by atoms with Gasteiger partial charge >= 0.3 is 19.8 Å². The van der Waals surface area contributed by atoms with Gasteiger partial charge in [-0.3, -0.25) is 18.6 Å². The molecule has 9 nitrogen and oxygen atoms in total. The molecule has 0 aliphatic heterocycles. The minimum atomic E-state index is -4.37. The fourth-order valence-electron chi connectivity index (χ4n) is 5.63. The van der Waals surface area contributed by atoms with Gasteiger partial charge in [0.15, 0.2) is 6.10 Å². The van der Waals surface area contributed by atoms with E-state index < -0.39 is 32.5 Å². The second-order valence-corrected chi connectivity index (χ2v) is 15.9. The highest BCUT2D eigenvalue weighted by molar-refractivity contribution is 7.47. The minimum Gasteiger partial charge on any atom is -0.462 e. The van der Waals surface area contributed by atoms with Crippen molar-refractivity contribution in [1.82, 2.24) is 5.32 Å². The third-order valence-electron chi connectivity index (χ3n) is 9.01. The van der Waals surface area contributed by atoms with Gasteiger partial charge in [0.05, 0.1) is 13.2 Å². The van der Waals surface area contributed by atoms with E-state index in [0.29, 0.717) is 19.4 Å². The Morgan fingerprint density at radius 3 is 1.53 bits per heavy atom. The number of nitrogens with one attached hydrogen (secondary N) is 1. The van der Waals surface area contributed by atoms with Crippen LogP contribution in [-0.2, 0) is 32.7 Å². The zero-order valence-electron chi connectivity index (χ0n) is 36.7. The summed E-state index contributed by atoms with van der Waals surface area (Å²) in [6.07, 6.45) is 53.5. The summed E-state index contributed by atoms with van der Waals surface area (Å²) < 4.78 is 33.1. The summed E-state index contributed by atoms with van der Waals surface area (Å²) in [5.74, 6) is -0.915. The average molecular weight is 832 g/mol. The van der Waals surface area contributed by atoms with Gasteiger partial charge < -0.3 is 19.7 Å². The van der Waals surface area contributed by atoms with Crippen LogP contribution in [0.5, 0.6) is 0 Å². The summed E-state index contributed by atoms with van der Waals surface area (Å²) in [5.41, 5.74) is 0. The Kier molecular flexibility index (Phi) is 41.6. The molecule has 332 valence electrons. The van der Waals surface area contributed by atoms with E-state index in [0.717, 1.165) is 64.2 Å². The maximum atomic E-state index is 12.6. The molecule has 0 aromatic heterocycles. The largest absolute Gasteiger partial charge is 0.472 e. The maximum absolute atomic E-state index is 12.6. The van der Waals surface area contributed by atoms with Crippen LogP contribution in [0.4, 0.5) is 0 Å². The van der Waals surface area contributed by atoms with Crippen molar-refractivity contribution in [1.29, 1.82) is 0 Å². The molecule has 0 rings (SSSR count). The molecule has 10 heteroatoms. The summed E-state index contributed by atoms with van der Waals surface area (Å²) in [4.78, 5) is 35.1. The van der Waals surface area contributed by atoms with Crippen molar-refractivity contribution in [2.75, 3.05) is 33.4 Å². The molecule has 2 unspecified atom stereocenters. The molecular formula is C48H82NO8P. The Hall–Kier alpha value is -2.81. The molecule has 2 atom stereocenters. The number of unbranched alkanes of at least 4 members (excludes halogenated alkanes) is 13. The summed E-state index contributed by atoms with van der Waals surface area (Å²) in [5, 5.41) is 2.82. The van der Waals surface area contributed by atoms with Gasteiger partial charge in [-0.1, -0.05) is 163 Å². The Balaban J connectivity index is 4.34. The molecule has 58 heavy (non-hydrogen) atoms. The highest BCUT2D eigenvalue weighted by Crippen LogP contribution is 2.43. The molecule has 0 aliphatic carbocycles. The number of phosphoric acid groups is 1. The number of allylic oxidation sites excluding steroid dienone is 14. The van der Waals surface area contributed by atoms with E-state index in [9.17, 15) is 19.0 Å². The number of hydrogen-bond donors (Lipinski definition) is 2. The lowest BCUT2D eigenvalue weighted by atomic mass is 10.1. The predicted molar refractivity (Wildman–Crippen MR) is 243 cm³/mol. The van der Waals surface area contributed by atoms with Crippen LogP contribution in [0.15, 0.2) is 85.1 Å². The number of rotatable bonds is 41. The van der Waals surface area contributed by atoms with Crippen LogP contribution in [0.2, 0.25) is 0 Å². The number of esters is 2. The Morgan fingerprint density at radius 2 is 1.02 bits per heavy atom. The standard InChI is InChI=1S/C48H82NO8P/c1-4-6-8-10-12-14-16-18-20-22-23-25-26-28-30-32-34-36-38-40-47(50)54-44-46(45-56-58(52,53)55-43-42-49-3)57-48(51)41-39-37-35-33-31-29-27-24-21-19-17-15-13-11-9-7-5-2/h6,8,12,14,18-21,23,25,28,30,34,36,46,49H,4-5,7,9-11,13,15-17,22,24,26-27,29,31-33,35,37-45H2,1-3H3,(H,52,53)/b8-6-,14-12-,20-18-,21-19-,25-23-,30-28-,36-34-. The van der Waals surface area contributed by atoms with E-state index in [2.05, 4.69) is 92.1 Å². The van der Waals surface area contributed by atoms with Gasteiger partial charge in [-0.25, -0.2) is 4.57 Å². The topological polar surface area (TPSA) is 120 Å². The van der Waals surface area contributed by atoms with E-state index >= 15 is 0 Å². The van der Waals surface area contributed by atoms with Gasteiger partial charge in [0, 0.05) is 19.4 Å². The normalized spacial score (nSPS) is 14.1. The van der Waals surface area contributed by atoms with Crippen molar-refractivity contribution in [2.24, 2.45) is 0 Å². The first kappa shape index (κ1) is 55.2. The molecule has 0 bridgehead atoms.